The molecule has 0 aliphatic carbocycles. The Labute approximate surface area is 109 Å². The fourth-order valence-electron chi connectivity index (χ4n) is 1.07. The number of aromatic nitrogens is 1. The van der Waals surface area contributed by atoms with Crippen LogP contribution in [-0.4, -0.2) is 18.1 Å². The number of nitrogens with zero attached hydrogens (tertiary/aromatic N) is 1. The predicted molar refractivity (Wildman–Crippen MR) is 62.6 cm³/mol. The summed E-state index contributed by atoms with van der Waals surface area (Å²) < 4.78 is 29.8. The van der Waals surface area contributed by atoms with Gasteiger partial charge in [-0.1, -0.05) is 11.6 Å². The van der Waals surface area contributed by atoms with Crippen LogP contribution in [0, 0.1) is 3.57 Å². The fraction of sp³-hybridized carbons (Fsp3) is 0.333. The Morgan fingerprint density at radius 2 is 2.31 bits per heavy atom. The van der Waals surface area contributed by atoms with Crippen molar-refractivity contribution in [3.05, 3.63) is 26.0 Å². The monoisotopic (exact) mass is 361 g/mol. The zero-order chi connectivity index (χ0) is 12.3. The maximum absolute atomic E-state index is 12.6. The highest BCUT2D eigenvalue weighted by molar-refractivity contribution is 14.1. The van der Waals surface area contributed by atoms with E-state index in [0.29, 0.717) is 5.56 Å². The van der Waals surface area contributed by atoms with Gasteiger partial charge in [0, 0.05) is 3.57 Å². The molecule has 0 unspecified atom stereocenters. The average molecular weight is 362 g/mol. The molecule has 7 heteroatoms. The number of methoxy groups -OCH3 is 1. The van der Waals surface area contributed by atoms with Crippen LogP contribution >= 0.6 is 34.2 Å². The van der Waals surface area contributed by atoms with Crippen LogP contribution in [0.3, 0.4) is 0 Å². The second kappa shape index (κ2) is 5.72. The maximum Gasteiger partial charge on any atom is 0.310 e. The van der Waals surface area contributed by atoms with Crippen LogP contribution in [0.4, 0.5) is 8.78 Å². The molecular formula is C9H7ClF2INO2. The van der Waals surface area contributed by atoms with Gasteiger partial charge in [-0.05, 0) is 34.2 Å². The van der Waals surface area contributed by atoms with E-state index in [4.69, 9.17) is 11.6 Å². The summed E-state index contributed by atoms with van der Waals surface area (Å²) in [4.78, 5) is 14.6. The minimum absolute atomic E-state index is 0.0605. The van der Waals surface area contributed by atoms with Gasteiger partial charge in [0.05, 0.1) is 13.5 Å². The molecule has 0 spiro atoms. The standard InChI is InChI=1S/C9H7ClF2INO2/c1-16-6(15)3-4-2-5(10)14-8(7(4)13)9(11)12/h2,9H,3H2,1H3. The van der Waals surface area contributed by atoms with Crippen LogP contribution in [0.5, 0.6) is 0 Å². The van der Waals surface area contributed by atoms with E-state index in [0.717, 1.165) is 0 Å². The summed E-state index contributed by atoms with van der Waals surface area (Å²) in [5, 5.41) is -0.0605. The van der Waals surface area contributed by atoms with Gasteiger partial charge in [0.1, 0.15) is 10.8 Å². The molecule has 88 valence electrons. The maximum atomic E-state index is 12.6. The van der Waals surface area contributed by atoms with Crippen molar-refractivity contribution in [3.63, 3.8) is 0 Å². The molecule has 16 heavy (non-hydrogen) atoms. The van der Waals surface area contributed by atoms with E-state index in [9.17, 15) is 13.6 Å². The van der Waals surface area contributed by atoms with Gasteiger partial charge in [0.25, 0.3) is 6.43 Å². The normalized spacial score (nSPS) is 10.6. The zero-order valence-electron chi connectivity index (χ0n) is 8.14. The van der Waals surface area contributed by atoms with Crippen LogP contribution in [0.15, 0.2) is 6.07 Å². The van der Waals surface area contributed by atoms with Crippen molar-refractivity contribution >= 4 is 40.2 Å². The smallest absolute Gasteiger partial charge is 0.310 e. The summed E-state index contributed by atoms with van der Waals surface area (Å²) in [6.07, 6.45) is -2.82. The van der Waals surface area contributed by atoms with E-state index >= 15 is 0 Å². The number of alkyl halides is 2. The molecule has 0 atom stereocenters. The molecule has 0 bridgehead atoms. The first-order valence-electron chi connectivity index (χ1n) is 4.15. The number of pyridine rings is 1. The Balaban J connectivity index is 3.14. The summed E-state index contributed by atoms with van der Waals surface area (Å²) in [5.74, 6) is -0.514. The fourth-order valence-corrected chi connectivity index (χ4v) is 1.99. The third-order valence-corrected chi connectivity index (χ3v) is 3.24. The summed E-state index contributed by atoms with van der Waals surface area (Å²) >= 11 is 7.31. The lowest BCUT2D eigenvalue weighted by Gasteiger charge is -2.08. The number of esters is 1. The molecule has 0 saturated carbocycles. The number of hydrogen-bond donors (Lipinski definition) is 0. The lowest BCUT2D eigenvalue weighted by atomic mass is 10.1. The Morgan fingerprint density at radius 1 is 1.69 bits per heavy atom. The summed E-state index contributed by atoms with van der Waals surface area (Å²) in [7, 11) is 1.23. The van der Waals surface area contributed by atoms with Crippen molar-refractivity contribution in [1.82, 2.24) is 4.98 Å². The molecule has 0 fully saturated rings. The number of hydrogen-bond acceptors (Lipinski definition) is 3. The molecule has 0 amide bonds. The van der Waals surface area contributed by atoms with Crippen molar-refractivity contribution in [3.8, 4) is 0 Å². The molecule has 1 aromatic rings. The number of carbonyl (C=O) groups is 1. The number of halogens is 4. The summed E-state index contributed by atoms with van der Waals surface area (Å²) in [6.45, 7) is 0. The van der Waals surface area contributed by atoms with Crippen LogP contribution < -0.4 is 0 Å². The van der Waals surface area contributed by atoms with E-state index in [-0.39, 0.29) is 15.1 Å². The Hall–Kier alpha value is -0.500. The minimum Gasteiger partial charge on any atom is -0.469 e. The average Bonchev–Trinajstić information content (AvgIpc) is 2.22. The van der Waals surface area contributed by atoms with Gasteiger partial charge >= 0.3 is 5.97 Å². The number of rotatable bonds is 3. The Morgan fingerprint density at radius 3 is 2.81 bits per heavy atom. The van der Waals surface area contributed by atoms with Crippen LogP contribution in [-0.2, 0) is 16.0 Å². The molecule has 1 heterocycles. The predicted octanol–water partition coefficient (Wildman–Crippen LogP) is 2.99. The highest BCUT2D eigenvalue weighted by atomic mass is 127. The van der Waals surface area contributed by atoms with Gasteiger partial charge < -0.3 is 4.74 Å². The third kappa shape index (κ3) is 3.24. The highest BCUT2D eigenvalue weighted by Crippen LogP contribution is 2.27. The van der Waals surface area contributed by atoms with Crippen molar-refractivity contribution in [2.75, 3.05) is 7.11 Å². The van der Waals surface area contributed by atoms with E-state index in [2.05, 4.69) is 9.72 Å². The third-order valence-electron chi connectivity index (χ3n) is 1.80. The molecule has 1 rings (SSSR count). The lowest BCUT2D eigenvalue weighted by Crippen LogP contribution is -2.08. The van der Waals surface area contributed by atoms with Crippen molar-refractivity contribution in [2.45, 2.75) is 12.8 Å². The largest absolute Gasteiger partial charge is 0.469 e. The number of ether oxygens (including phenoxy) is 1. The first-order chi connectivity index (χ1) is 7.45. The van der Waals surface area contributed by atoms with E-state index in [1.54, 1.807) is 22.6 Å². The summed E-state index contributed by atoms with van der Waals surface area (Å²) in [6, 6.07) is 1.38. The van der Waals surface area contributed by atoms with Crippen LogP contribution in [0.25, 0.3) is 0 Å². The highest BCUT2D eigenvalue weighted by Gasteiger charge is 2.19. The van der Waals surface area contributed by atoms with E-state index in [1.807, 2.05) is 0 Å². The molecule has 3 nitrogen and oxygen atoms in total. The molecule has 0 aromatic carbocycles. The van der Waals surface area contributed by atoms with Gasteiger partial charge in [0.15, 0.2) is 0 Å². The molecular weight excluding hydrogens is 354 g/mol. The van der Waals surface area contributed by atoms with E-state index in [1.165, 1.54) is 13.2 Å². The SMILES string of the molecule is COC(=O)Cc1cc(Cl)nc(C(F)F)c1I. The first-order valence-corrected chi connectivity index (χ1v) is 5.61. The second-order valence-corrected chi connectivity index (χ2v) is 4.32. The summed E-state index contributed by atoms with van der Waals surface area (Å²) in [5.41, 5.74) is -0.0187. The van der Waals surface area contributed by atoms with Crippen LogP contribution in [0.1, 0.15) is 17.7 Å². The van der Waals surface area contributed by atoms with Crippen molar-refractivity contribution < 1.29 is 18.3 Å². The van der Waals surface area contributed by atoms with Gasteiger partial charge in [-0.2, -0.15) is 0 Å². The molecule has 0 radical (unpaired) electrons. The van der Waals surface area contributed by atoms with Crippen molar-refractivity contribution in [1.29, 1.82) is 0 Å². The van der Waals surface area contributed by atoms with Gasteiger partial charge in [-0.3, -0.25) is 4.79 Å². The molecule has 0 saturated heterocycles. The Bertz CT molecular complexity index is 415. The molecule has 0 N–H and O–H groups in total. The first kappa shape index (κ1) is 13.6. The quantitative estimate of drug-likeness (QED) is 0.472. The van der Waals surface area contributed by atoms with Crippen molar-refractivity contribution in [2.24, 2.45) is 0 Å². The van der Waals surface area contributed by atoms with Gasteiger partial charge in [0.2, 0.25) is 0 Å². The lowest BCUT2D eigenvalue weighted by molar-refractivity contribution is -0.139. The van der Waals surface area contributed by atoms with E-state index < -0.39 is 18.1 Å². The molecule has 0 aliphatic rings. The van der Waals surface area contributed by atoms with Gasteiger partial charge in [-0.15, -0.1) is 0 Å². The topological polar surface area (TPSA) is 39.2 Å². The Kier molecular flexibility index (Phi) is 4.85. The zero-order valence-corrected chi connectivity index (χ0v) is 11.1. The number of carbonyl (C=O) groups excluding carboxylic acids is 1. The molecule has 1 aromatic heterocycles. The van der Waals surface area contributed by atoms with Crippen LogP contribution in [0.2, 0.25) is 5.15 Å². The second-order valence-electron chi connectivity index (χ2n) is 2.86. The minimum atomic E-state index is -2.72. The van der Waals surface area contributed by atoms with Gasteiger partial charge in [-0.25, -0.2) is 13.8 Å². The molecule has 0 aliphatic heterocycles.